The third kappa shape index (κ3) is 3.05. The van der Waals surface area contributed by atoms with Crippen LogP contribution >= 0.6 is 0 Å². The maximum absolute atomic E-state index is 12.6. The molecule has 25 heavy (non-hydrogen) atoms. The molecule has 1 aliphatic heterocycles. The predicted octanol–water partition coefficient (Wildman–Crippen LogP) is 2.41. The predicted molar refractivity (Wildman–Crippen MR) is 96.4 cm³/mol. The fourth-order valence-corrected chi connectivity index (χ4v) is 3.45. The van der Waals surface area contributed by atoms with Gasteiger partial charge in [-0.2, -0.15) is 5.10 Å². The monoisotopic (exact) mass is 333 g/mol. The third-order valence-corrected chi connectivity index (χ3v) is 4.86. The van der Waals surface area contributed by atoms with Crippen LogP contribution in [0.1, 0.15) is 17.9 Å². The van der Waals surface area contributed by atoms with Crippen LogP contribution in [0, 0.1) is 0 Å². The minimum Gasteiger partial charge on any atom is -0.340 e. The second kappa shape index (κ2) is 6.51. The number of likely N-dealkylation sites (tertiary alicyclic amines) is 1. The zero-order chi connectivity index (χ0) is 17.2. The van der Waals surface area contributed by atoms with Crippen LogP contribution in [-0.2, 0) is 11.3 Å². The van der Waals surface area contributed by atoms with E-state index in [0.29, 0.717) is 17.8 Å². The summed E-state index contributed by atoms with van der Waals surface area (Å²) in [7, 11) is 0. The van der Waals surface area contributed by atoms with Crippen molar-refractivity contribution in [1.29, 1.82) is 0 Å². The van der Waals surface area contributed by atoms with Crippen molar-refractivity contribution in [2.24, 2.45) is 0 Å². The van der Waals surface area contributed by atoms with Gasteiger partial charge in [0.15, 0.2) is 0 Å². The van der Waals surface area contributed by atoms with Crippen LogP contribution in [0.2, 0.25) is 0 Å². The number of nitrogens with zero attached hydrogens (tertiary/aromatic N) is 3. The molecule has 2 aromatic carbocycles. The summed E-state index contributed by atoms with van der Waals surface area (Å²) in [5.74, 6) is 0.315. The maximum atomic E-state index is 12.6. The van der Waals surface area contributed by atoms with Crippen LogP contribution in [0.5, 0.6) is 0 Å². The number of carbonyl (C=O) groups excluding carboxylic acids is 1. The zero-order valence-electron chi connectivity index (χ0n) is 13.8. The Balaban J connectivity index is 1.50. The molecule has 2 heterocycles. The van der Waals surface area contributed by atoms with E-state index in [4.69, 9.17) is 0 Å². The Morgan fingerprint density at radius 2 is 1.84 bits per heavy atom. The van der Waals surface area contributed by atoms with Crippen LogP contribution in [0.15, 0.2) is 65.6 Å². The summed E-state index contributed by atoms with van der Waals surface area (Å²) in [6.07, 6.45) is 2.59. The first-order valence-electron chi connectivity index (χ1n) is 8.50. The van der Waals surface area contributed by atoms with Crippen LogP contribution in [0.25, 0.3) is 10.8 Å². The molecule has 5 nitrogen and oxygen atoms in total. The highest BCUT2D eigenvalue weighted by atomic mass is 16.2. The molecule has 1 saturated heterocycles. The first kappa shape index (κ1) is 15.6. The van der Waals surface area contributed by atoms with Crippen LogP contribution in [-0.4, -0.2) is 33.7 Å². The number of fused-ring (bicyclic) bond motifs is 1. The standard InChI is InChI=1S/C20H19N3O2/c24-19(22-11-10-17(13-22)15-6-2-1-3-7-15)14-23-20(25)18-9-5-4-8-16(18)12-21-23/h1-9,12,17H,10-11,13-14H2/t17-/m0/s1. The van der Waals surface area contributed by atoms with E-state index in [1.165, 1.54) is 10.2 Å². The Morgan fingerprint density at radius 1 is 1.08 bits per heavy atom. The average molecular weight is 333 g/mol. The summed E-state index contributed by atoms with van der Waals surface area (Å²) in [5, 5.41) is 5.54. The topological polar surface area (TPSA) is 55.2 Å². The number of amides is 1. The molecule has 5 heteroatoms. The van der Waals surface area contributed by atoms with Gasteiger partial charge in [0.05, 0.1) is 11.6 Å². The summed E-state index contributed by atoms with van der Waals surface area (Å²) in [4.78, 5) is 26.9. The van der Waals surface area contributed by atoms with Gasteiger partial charge >= 0.3 is 0 Å². The minimum absolute atomic E-state index is 0.00875. The Morgan fingerprint density at radius 3 is 2.68 bits per heavy atom. The lowest BCUT2D eigenvalue weighted by molar-refractivity contribution is -0.131. The van der Waals surface area contributed by atoms with E-state index in [0.717, 1.165) is 18.4 Å². The van der Waals surface area contributed by atoms with Crippen LogP contribution in [0.4, 0.5) is 0 Å². The summed E-state index contributed by atoms with van der Waals surface area (Å²) >= 11 is 0. The van der Waals surface area contributed by atoms with E-state index >= 15 is 0 Å². The van der Waals surface area contributed by atoms with E-state index in [1.807, 2.05) is 41.3 Å². The first-order chi connectivity index (χ1) is 12.2. The molecule has 1 atom stereocenters. The smallest absolute Gasteiger partial charge is 0.275 e. The lowest BCUT2D eigenvalue weighted by Crippen LogP contribution is -2.36. The molecule has 0 aliphatic carbocycles. The highest BCUT2D eigenvalue weighted by Gasteiger charge is 2.27. The molecule has 1 aromatic heterocycles. The van der Waals surface area contributed by atoms with E-state index in [-0.39, 0.29) is 18.0 Å². The summed E-state index contributed by atoms with van der Waals surface area (Å²) in [5.41, 5.74) is 1.05. The molecule has 0 bridgehead atoms. The molecule has 0 unspecified atom stereocenters. The van der Waals surface area contributed by atoms with Gasteiger partial charge in [0.1, 0.15) is 6.54 Å². The van der Waals surface area contributed by atoms with Gasteiger partial charge in [-0.1, -0.05) is 48.5 Å². The second-order valence-corrected chi connectivity index (χ2v) is 6.43. The number of aromatic nitrogens is 2. The van der Waals surface area contributed by atoms with E-state index in [9.17, 15) is 9.59 Å². The molecular weight excluding hydrogens is 314 g/mol. The molecule has 0 N–H and O–H groups in total. The van der Waals surface area contributed by atoms with Crippen molar-refractivity contribution in [2.45, 2.75) is 18.9 Å². The maximum Gasteiger partial charge on any atom is 0.275 e. The molecule has 3 aromatic rings. The summed E-state index contributed by atoms with van der Waals surface area (Å²) in [6.45, 7) is 1.41. The van der Waals surface area contributed by atoms with E-state index in [2.05, 4.69) is 17.2 Å². The van der Waals surface area contributed by atoms with Crippen molar-refractivity contribution in [3.8, 4) is 0 Å². The van der Waals surface area contributed by atoms with Gasteiger partial charge in [0, 0.05) is 24.4 Å². The van der Waals surface area contributed by atoms with Crippen molar-refractivity contribution in [3.63, 3.8) is 0 Å². The number of hydrogen-bond donors (Lipinski definition) is 0. The van der Waals surface area contributed by atoms with Crippen LogP contribution in [0.3, 0.4) is 0 Å². The van der Waals surface area contributed by atoms with Gasteiger partial charge in [0.2, 0.25) is 5.91 Å². The SMILES string of the molecule is O=C(Cn1ncc2ccccc2c1=O)N1CC[C@H](c2ccccc2)C1. The van der Waals surface area contributed by atoms with Gasteiger partial charge in [-0.05, 0) is 18.1 Å². The fraction of sp³-hybridized carbons (Fsp3) is 0.250. The van der Waals surface area contributed by atoms with Crippen molar-refractivity contribution in [1.82, 2.24) is 14.7 Å². The molecular formula is C20H19N3O2. The lowest BCUT2D eigenvalue weighted by atomic mass is 9.99. The molecule has 4 rings (SSSR count). The average Bonchev–Trinajstić information content (AvgIpc) is 3.15. The van der Waals surface area contributed by atoms with Gasteiger partial charge in [0.25, 0.3) is 5.56 Å². The van der Waals surface area contributed by atoms with Crippen molar-refractivity contribution < 1.29 is 4.79 Å². The van der Waals surface area contributed by atoms with Crippen molar-refractivity contribution >= 4 is 16.7 Å². The highest BCUT2D eigenvalue weighted by Crippen LogP contribution is 2.26. The van der Waals surface area contributed by atoms with Gasteiger partial charge in [-0.3, -0.25) is 9.59 Å². The third-order valence-electron chi connectivity index (χ3n) is 4.86. The lowest BCUT2D eigenvalue weighted by Gasteiger charge is -2.17. The van der Waals surface area contributed by atoms with E-state index in [1.54, 1.807) is 12.3 Å². The first-order valence-corrected chi connectivity index (χ1v) is 8.50. The molecule has 1 fully saturated rings. The Labute approximate surface area is 145 Å². The van der Waals surface area contributed by atoms with Crippen molar-refractivity contribution in [2.75, 3.05) is 13.1 Å². The number of benzene rings is 2. The normalized spacial score (nSPS) is 17.1. The van der Waals surface area contributed by atoms with Gasteiger partial charge in [-0.25, -0.2) is 4.68 Å². The number of hydrogen-bond acceptors (Lipinski definition) is 3. The molecule has 0 saturated carbocycles. The molecule has 0 radical (unpaired) electrons. The fourth-order valence-electron chi connectivity index (χ4n) is 3.45. The van der Waals surface area contributed by atoms with Crippen molar-refractivity contribution in [3.05, 3.63) is 76.7 Å². The quantitative estimate of drug-likeness (QED) is 0.740. The number of carbonyl (C=O) groups is 1. The Hall–Kier alpha value is -2.95. The zero-order valence-corrected chi connectivity index (χ0v) is 13.8. The van der Waals surface area contributed by atoms with Crippen LogP contribution < -0.4 is 5.56 Å². The Kier molecular flexibility index (Phi) is 4.06. The van der Waals surface area contributed by atoms with Gasteiger partial charge in [-0.15, -0.1) is 0 Å². The van der Waals surface area contributed by atoms with E-state index < -0.39 is 0 Å². The number of rotatable bonds is 3. The molecule has 126 valence electrons. The summed E-state index contributed by atoms with van der Waals surface area (Å²) < 4.78 is 1.26. The molecule has 1 aliphatic rings. The van der Waals surface area contributed by atoms with Gasteiger partial charge < -0.3 is 4.90 Å². The highest BCUT2D eigenvalue weighted by molar-refractivity contribution is 5.81. The molecule has 1 amide bonds. The molecule has 0 spiro atoms. The minimum atomic E-state index is -0.217. The summed E-state index contributed by atoms with van der Waals surface area (Å²) in [6, 6.07) is 17.6. The largest absolute Gasteiger partial charge is 0.340 e. The Bertz CT molecular complexity index is 965. The second-order valence-electron chi connectivity index (χ2n) is 6.43.